The van der Waals surface area contributed by atoms with E-state index in [0.29, 0.717) is 0 Å². The van der Waals surface area contributed by atoms with Gasteiger partial charge >= 0.3 is 0 Å². The van der Waals surface area contributed by atoms with Crippen LogP contribution in [0.2, 0.25) is 0 Å². The summed E-state index contributed by atoms with van der Waals surface area (Å²) >= 11 is 0. The smallest absolute Gasteiger partial charge is 0.220 e. The Bertz CT molecular complexity index is 223. The highest BCUT2D eigenvalue weighted by molar-refractivity contribution is 4.88. The van der Waals surface area contributed by atoms with Gasteiger partial charge in [0.2, 0.25) is 6.29 Å². The molecule has 0 amide bonds. The second-order valence-electron chi connectivity index (χ2n) is 3.88. The van der Waals surface area contributed by atoms with Crippen LogP contribution in [0.1, 0.15) is 6.92 Å². The standard InChI is InChI=1S/C9H18O8/c1-4(2-10)16-17-9-8(14)7(13)6(12)5(3-11)15-9/h4-14H,2-3H2,1H3/t4?,5-,6-,7+,8-,9-/m1/s1. The lowest BCUT2D eigenvalue weighted by Crippen LogP contribution is -2.59. The van der Waals surface area contributed by atoms with Crippen molar-refractivity contribution in [1.29, 1.82) is 0 Å². The molecule has 1 rings (SSSR count). The molecular weight excluding hydrogens is 236 g/mol. The van der Waals surface area contributed by atoms with Crippen molar-refractivity contribution >= 4 is 0 Å². The molecule has 1 unspecified atom stereocenters. The molecule has 1 aliphatic rings. The molecule has 0 saturated carbocycles. The topological polar surface area (TPSA) is 129 Å². The minimum absolute atomic E-state index is 0.294. The average molecular weight is 254 g/mol. The predicted octanol–water partition coefficient (Wildman–Crippen LogP) is -2.88. The summed E-state index contributed by atoms with van der Waals surface area (Å²) in [6.45, 7) is 0.682. The number of aliphatic hydroxyl groups excluding tert-OH is 5. The first kappa shape index (κ1) is 14.7. The number of ether oxygens (including phenoxy) is 1. The maximum absolute atomic E-state index is 9.52. The Morgan fingerprint density at radius 3 is 2.29 bits per heavy atom. The Balaban J connectivity index is 2.53. The SMILES string of the molecule is CC(CO)OO[C@H]1O[C@H](CO)[C@@H](O)[C@H](O)[C@H]1O. The summed E-state index contributed by atoms with van der Waals surface area (Å²) in [7, 11) is 0. The molecule has 1 aliphatic heterocycles. The van der Waals surface area contributed by atoms with Gasteiger partial charge in [0, 0.05) is 0 Å². The van der Waals surface area contributed by atoms with E-state index in [1.807, 2.05) is 0 Å². The summed E-state index contributed by atoms with van der Waals surface area (Å²) in [5.41, 5.74) is 0. The van der Waals surface area contributed by atoms with Crippen molar-refractivity contribution in [2.24, 2.45) is 0 Å². The average Bonchev–Trinajstić information content (AvgIpc) is 2.34. The van der Waals surface area contributed by atoms with Gasteiger partial charge in [0.15, 0.2) is 0 Å². The molecule has 0 bridgehead atoms. The van der Waals surface area contributed by atoms with Gasteiger partial charge in [-0.15, -0.1) is 0 Å². The Morgan fingerprint density at radius 2 is 1.76 bits per heavy atom. The normalized spacial score (nSPS) is 40.2. The lowest BCUT2D eigenvalue weighted by Gasteiger charge is -2.38. The molecule has 0 spiro atoms. The van der Waals surface area contributed by atoms with E-state index in [1.165, 1.54) is 6.92 Å². The summed E-state index contributed by atoms with van der Waals surface area (Å²) in [6, 6.07) is 0. The fraction of sp³-hybridized carbons (Fsp3) is 1.00. The van der Waals surface area contributed by atoms with Crippen molar-refractivity contribution < 1.29 is 40.0 Å². The fourth-order valence-electron chi connectivity index (χ4n) is 1.33. The molecule has 1 saturated heterocycles. The van der Waals surface area contributed by atoms with Crippen LogP contribution in [-0.4, -0.2) is 75.6 Å². The van der Waals surface area contributed by atoms with Crippen LogP contribution in [0.25, 0.3) is 0 Å². The van der Waals surface area contributed by atoms with Crippen LogP contribution in [0.3, 0.4) is 0 Å². The van der Waals surface area contributed by atoms with Crippen LogP contribution in [0.15, 0.2) is 0 Å². The van der Waals surface area contributed by atoms with Crippen LogP contribution >= 0.6 is 0 Å². The zero-order valence-electron chi connectivity index (χ0n) is 9.34. The van der Waals surface area contributed by atoms with Gasteiger partial charge in [-0.2, -0.15) is 0 Å². The summed E-state index contributed by atoms with van der Waals surface area (Å²) in [5, 5.41) is 46.0. The van der Waals surface area contributed by atoms with Crippen molar-refractivity contribution in [1.82, 2.24) is 0 Å². The zero-order valence-corrected chi connectivity index (χ0v) is 9.34. The van der Waals surface area contributed by atoms with E-state index in [4.69, 9.17) is 14.9 Å². The van der Waals surface area contributed by atoms with Crippen LogP contribution in [0.4, 0.5) is 0 Å². The lowest BCUT2D eigenvalue weighted by atomic mass is 9.99. The Hall–Kier alpha value is -0.320. The third-order valence-electron chi connectivity index (χ3n) is 2.42. The number of aliphatic hydroxyl groups is 5. The van der Waals surface area contributed by atoms with Gasteiger partial charge in [0.1, 0.15) is 30.5 Å². The Labute approximate surface area is 97.9 Å². The molecule has 8 nitrogen and oxygen atoms in total. The first-order chi connectivity index (χ1) is 8.01. The van der Waals surface area contributed by atoms with E-state index in [9.17, 15) is 15.3 Å². The molecule has 1 heterocycles. The van der Waals surface area contributed by atoms with E-state index < -0.39 is 43.4 Å². The summed E-state index contributed by atoms with van der Waals surface area (Å²) in [5.74, 6) is 0. The largest absolute Gasteiger partial charge is 0.394 e. The molecule has 8 heteroatoms. The molecule has 0 aliphatic carbocycles. The van der Waals surface area contributed by atoms with Gasteiger partial charge in [0.05, 0.1) is 13.2 Å². The highest BCUT2D eigenvalue weighted by atomic mass is 17.2. The van der Waals surface area contributed by atoms with E-state index in [1.54, 1.807) is 0 Å². The molecule has 6 atom stereocenters. The fourth-order valence-corrected chi connectivity index (χ4v) is 1.33. The first-order valence-electron chi connectivity index (χ1n) is 5.24. The minimum atomic E-state index is -1.52. The van der Waals surface area contributed by atoms with Crippen molar-refractivity contribution in [3.8, 4) is 0 Å². The van der Waals surface area contributed by atoms with E-state index >= 15 is 0 Å². The molecular formula is C9H18O8. The van der Waals surface area contributed by atoms with Gasteiger partial charge in [-0.3, -0.25) is 0 Å². The highest BCUT2D eigenvalue weighted by Gasteiger charge is 2.44. The maximum Gasteiger partial charge on any atom is 0.220 e. The second kappa shape index (κ2) is 6.57. The predicted molar refractivity (Wildman–Crippen MR) is 52.5 cm³/mol. The number of rotatable bonds is 5. The molecule has 0 aromatic rings. The Kier molecular flexibility index (Phi) is 5.70. The van der Waals surface area contributed by atoms with Crippen molar-refractivity contribution in [3.05, 3.63) is 0 Å². The summed E-state index contributed by atoms with van der Waals surface area (Å²) in [6.07, 6.45) is -7.50. The van der Waals surface area contributed by atoms with E-state index in [2.05, 4.69) is 9.78 Å². The van der Waals surface area contributed by atoms with Crippen LogP contribution in [0, 0.1) is 0 Å². The zero-order chi connectivity index (χ0) is 13.0. The molecule has 0 radical (unpaired) electrons. The molecule has 102 valence electrons. The monoisotopic (exact) mass is 254 g/mol. The number of hydrogen-bond donors (Lipinski definition) is 5. The molecule has 5 N–H and O–H groups in total. The van der Waals surface area contributed by atoms with Crippen LogP contribution in [0.5, 0.6) is 0 Å². The van der Waals surface area contributed by atoms with Crippen molar-refractivity contribution in [3.63, 3.8) is 0 Å². The van der Waals surface area contributed by atoms with Crippen molar-refractivity contribution in [2.75, 3.05) is 13.2 Å². The van der Waals surface area contributed by atoms with Gasteiger partial charge < -0.3 is 30.3 Å². The van der Waals surface area contributed by atoms with Crippen LogP contribution in [-0.2, 0) is 14.5 Å². The highest BCUT2D eigenvalue weighted by Crippen LogP contribution is 2.22. The molecule has 0 aromatic carbocycles. The summed E-state index contributed by atoms with van der Waals surface area (Å²) in [4.78, 5) is 9.35. The quantitative estimate of drug-likeness (QED) is 0.261. The minimum Gasteiger partial charge on any atom is -0.394 e. The molecule has 17 heavy (non-hydrogen) atoms. The molecule has 0 aromatic heterocycles. The number of hydrogen-bond acceptors (Lipinski definition) is 8. The third kappa shape index (κ3) is 3.57. The van der Waals surface area contributed by atoms with E-state index in [-0.39, 0.29) is 6.61 Å². The maximum atomic E-state index is 9.52. The van der Waals surface area contributed by atoms with Gasteiger partial charge in [-0.05, 0) is 6.92 Å². The summed E-state index contributed by atoms with van der Waals surface area (Å²) < 4.78 is 4.99. The molecule has 1 fully saturated rings. The van der Waals surface area contributed by atoms with Gasteiger partial charge in [-0.25, -0.2) is 9.78 Å². The first-order valence-corrected chi connectivity index (χ1v) is 5.24. The lowest BCUT2D eigenvalue weighted by molar-refractivity contribution is -0.439. The van der Waals surface area contributed by atoms with Gasteiger partial charge in [0.25, 0.3) is 0 Å². The van der Waals surface area contributed by atoms with Gasteiger partial charge in [-0.1, -0.05) is 0 Å². The Morgan fingerprint density at radius 1 is 1.12 bits per heavy atom. The van der Waals surface area contributed by atoms with Crippen molar-refractivity contribution in [2.45, 2.75) is 43.7 Å². The third-order valence-corrected chi connectivity index (χ3v) is 2.42. The second-order valence-corrected chi connectivity index (χ2v) is 3.88. The van der Waals surface area contributed by atoms with E-state index in [0.717, 1.165) is 0 Å². The van der Waals surface area contributed by atoms with Crippen LogP contribution < -0.4 is 0 Å².